The predicted molar refractivity (Wildman–Crippen MR) is 83.8 cm³/mol. The van der Waals surface area contributed by atoms with Gasteiger partial charge in [0.1, 0.15) is 18.9 Å². The van der Waals surface area contributed by atoms with Crippen molar-refractivity contribution in [3.63, 3.8) is 0 Å². The van der Waals surface area contributed by atoms with Gasteiger partial charge in [-0.25, -0.2) is 0 Å². The highest BCUT2D eigenvalue weighted by Crippen LogP contribution is 2.35. The first-order chi connectivity index (χ1) is 11.0. The number of fused-ring (bicyclic) bond motifs is 1. The maximum Gasteiger partial charge on any atom is 0.293 e. The van der Waals surface area contributed by atoms with Gasteiger partial charge in [0.15, 0.2) is 17.3 Å². The van der Waals surface area contributed by atoms with Crippen LogP contribution in [0.3, 0.4) is 0 Å². The first-order valence-corrected chi connectivity index (χ1v) is 7.00. The number of anilines is 2. The summed E-state index contributed by atoms with van der Waals surface area (Å²) >= 11 is 0. The Morgan fingerprint density at radius 2 is 1.87 bits per heavy atom. The highest BCUT2D eigenvalue weighted by atomic mass is 16.6. The summed E-state index contributed by atoms with van der Waals surface area (Å²) in [4.78, 5) is 22.1. The third-order valence-corrected chi connectivity index (χ3v) is 3.42. The number of carbonyl (C=O) groups is 1. The zero-order valence-electron chi connectivity index (χ0n) is 12.4. The maximum absolute atomic E-state index is 11.4. The zero-order chi connectivity index (χ0) is 16.4. The van der Waals surface area contributed by atoms with Crippen molar-refractivity contribution in [2.45, 2.75) is 6.92 Å². The summed E-state index contributed by atoms with van der Waals surface area (Å²) in [6.07, 6.45) is 0. The Balaban J connectivity index is 1.93. The molecule has 23 heavy (non-hydrogen) atoms. The molecule has 7 heteroatoms. The van der Waals surface area contributed by atoms with E-state index in [4.69, 9.17) is 9.47 Å². The number of hydrogen-bond donors (Lipinski definition) is 1. The number of nitrogens with one attached hydrogen (secondary N) is 1. The Hall–Kier alpha value is -3.09. The van der Waals surface area contributed by atoms with Crippen LogP contribution in [-0.2, 0) is 0 Å². The lowest BCUT2D eigenvalue weighted by Crippen LogP contribution is -2.15. The summed E-state index contributed by atoms with van der Waals surface area (Å²) in [5.41, 5.74) is 1.07. The summed E-state index contributed by atoms with van der Waals surface area (Å²) in [5.74, 6) is 1.01. The molecule has 1 N–H and O–H groups in total. The van der Waals surface area contributed by atoms with Gasteiger partial charge in [-0.05, 0) is 31.2 Å². The van der Waals surface area contributed by atoms with Gasteiger partial charge >= 0.3 is 0 Å². The van der Waals surface area contributed by atoms with E-state index in [1.54, 1.807) is 24.3 Å². The highest BCUT2D eigenvalue weighted by Gasteiger charge is 2.18. The molecular weight excluding hydrogens is 300 g/mol. The lowest BCUT2D eigenvalue weighted by atomic mass is 10.1. The van der Waals surface area contributed by atoms with E-state index in [-0.39, 0.29) is 11.5 Å². The molecule has 0 aromatic heterocycles. The smallest absolute Gasteiger partial charge is 0.293 e. The van der Waals surface area contributed by atoms with Gasteiger partial charge in [0, 0.05) is 23.4 Å². The van der Waals surface area contributed by atoms with Crippen molar-refractivity contribution < 1.29 is 19.2 Å². The van der Waals surface area contributed by atoms with Crippen LogP contribution in [0.5, 0.6) is 11.5 Å². The van der Waals surface area contributed by atoms with E-state index in [2.05, 4.69) is 5.32 Å². The van der Waals surface area contributed by atoms with Crippen LogP contribution >= 0.6 is 0 Å². The van der Waals surface area contributed by atoms with Crippen molar-refractivity contribution in [2.75, 3.05) is 18.5 Å². The molecule has 2 aromatic rings. The Morgan fingerprint density at radius 3 is 2.57 bits per heavy atom. The molecule has 0 amide bonds. The second-order valence-corrected chi connectivity index (χ2v) is 5.03. The topological polar surface area (TPSA) is 90.7 Å². The van der Waals surface area contributed by atoms with Crippen molar-refractivity contribution in [2.24, 2.45) is 0 Å². The van der Waals surface area contributed by atoms with Crippen LogP contribution in [0.1, 0.15) is 17.3 Å². The van der Waals surface area contributed by atoms with Gasteiger partial charge in [0.2, 0.25) is 0 Å². The molecule has 1 heterocycles. The second kappa shape index (κ2) is 5.96. The van der Waals surface area contributed by atoms with E-state index >= 15 is 0 Å². The van der Waals surface area contributed by atoms with Gasteiger partial charge in [-0.1, -0.05) is 0 Å². The fourth-order valence-corrected chi connectivity index (χ4v) is 2.28. The van der Waals surface area contributed by atoms with Gasteiger partial charge in [-0.15, -0.1) is 0 Å². The van der Waals surface area contributed by atoms with Crippen LogP contribution in [0.2, 0.25) is 0 Å². The lowest BCUT2D eigenvalue weighted by molar-refractivity contribution is -0.383. The van der Waals surface area contributed by atoms with E-state index in [0.29, 0.717) is 41.7 Å². The number of ether oxygens (including phenoxy) is 2. The average Bonchev–Trinajstić information content (AvgIpc) is 2.54. The standard InChI is InChI=1S/C16H14N2O5/c1-10(19)11-2-4-13(14(8-11)18(20)21)17-12-3-5-15-16(9-12)23-7-6-22-15/h2-5,8-9,17H,6-7H2,1H3. The number of nitrogens with zero attached hydrogens (tertiary/aromatic N) is 1. The van der Waals surface area contributed by atoms with Crippen molar-refractivity contribution >= 4 is 22.8 Å². The van der Waals surface area contributed by atoms with Gasteiger partial charge in [0.05, 0.1) is 4.92 Å². The number of benzene rings is 2. The summed E-state index contributed by atoms with van der Waals surface area (Å²) in [5, 5.41) is 14.2. The molecule has 0 bridgehead atoms. The Kier molecular flexibility index (Phi) is 3.84. The average molecular weight is 314 g/mol. The number of nitro groups is 1. The summed E-state index contributed by atoms with van der Waals surface area (Å²) < 4.78 is 10.9. The third-order valence-electron chi connectivity index (χ3n) is 3.42. The van der Waals surface area contributed by atoms with Crippen molar-refractivity contribution in [1.82, 2.24) is 0 Å². The molecule has 2 aromatic carbocycles. The number of nitro benzene ring substituents is 1. The molecule has 3 rings (SSSR count). The summed E-state index contributed by atoms with van der Waals surface area (Å²) in [6, 6.07) is 9.55. The third kappa shape index (κ3) is 3.08. The Bertz CT molecular complexity index is 788. The van der Waals surface area contributed by atoms with Crippen molar-refractivity contribution in [3.05, 3.63) is 52.1 Å². The SMILES string of the molecule is CC(=O)c1ccc(Nc2ccc3c(c2)OCCO3)c([N+](=O)[O-])c1. The molecule has 118 valence electrons. The molecule has 0 fully saturated rings. The molecule has 1 aliphatic rings. The fourth-order valence-electron chi connectivity index (χ4n) is 2.28. The molecule has 0 atom stereocenters. The van der Waals surface area contributed by atoms with Gasteiger partial charge < -0.3 is 14.8 Å². The Morgan fingerprint density at radius 1 is 1.13 bits per heavy atom. The summed E-state index contributed by atoms with van der Waals surface area (Å²) in [6.45, 7) is 2.33. The molecule has 7 nitrogen and oxygen atoms in total. The van der Waals surface area contributed by atoms with Crippen LogP contribution in [0.4, 0.5) is 17.1 Å². The minimum absolute atomic E-state index is 0.160. The van der Waals surface area contributed by atoms with Crippen LogP contribution < -0.4 is 14.8 Å². The first kappa shape index (κ1) is 14.8. The highest BCUT2D eigenvalue weighted by molar-refractivity contribution is 5.95. The zero-order valence-corrected chi connectivity index (χ0v) is 12.4. The van der Waals surface area contributed by atoms with Crippen molar-refractivity contribution in [3.8, 4) is 11.5 Å². The maximum atomic E-state index is 11.4. The van der Waals surface area contributed by atoms with Crippen LogP contribution in [-0.4, -0.2) is 23.9 Å². The van der Waals surface area contributed by atoms with E-state index in [1.807, 2.05) is 0 Å². The fraction of sp³-hybridized carbons (Fsp3) is 0.188. The molecule has 0 saturated heterocycles. The molecular formula is C16H14N2O5. The summed E-state index contributed by atoms with van der Waals surface area (Å²) in [7, 11) is 0. The number of hydrogen-bond acceptors (Lipinski definition) is 6. The second-order valence-electron chi connectivity index (χ2n) is 5.03. The number of ketones is 1. The predicted octanol–water partition coefficient (Wildman–Crippen LogP) is 3.31. The van der Waals surface area contributed by atoms with Crippen molar-refractivity contribution in [1.29, 1.82) is 0 Å². The van der Waals surface area contributed by atoms with Crippen LogP contribution in [0, 0.1) is 10.1 Å². The quantitative estimate of drug-likeness (QED) is 0.529. The number of Topliss-reactive ketones (excluding diaryl/α,β-unsaturated/α-hetero) is 1. The Labute approximate surface area is 132 Å². The van der Waals surface area contributed by atoms with Crippen LogP contribution in [0.25, 0.3) is 0 Å². The van der Waals surface area contributed by atoms with E-state index in [9.17, 15) is 14.9 Å². The number of carbonyl (C=O) groups excluding carboxylic acids is 1. The molecule has 1 aliphatic heterocycles. The molecule has 0 unspecified atom stereocenters. The minimum Gasteiger partial charge on any atom is -0.486 e. The first-order valence-electron chi connectivity index (χ1n) is 7.00. The van der Waals surface area contributed by atoms with E-state index < -0.39 is 4.92 Å². The largest absolute Gasteiger partial charge is 0.486 e. The number of rotatable bonds is 4. The molecule has 0 saturated carbocycles. The van der Waals surface area contributed by atoms with Gasteiger partial charge in [-0.3, -0.25) is 14.9 Å². The van der Waals surface area contributed by atoms with Crippen LogP contribution in [0.15, 0.2) is 36.4 Å². The molecule has 0 radical (unpaired) electrons. The van der Waals surface area contributed by atoms with Gasteiger partial charge in [0.25, 0.3) is 5.69 Å². The van der Waals surface area contributed by atoms with E-state index in [1.165, 1.54) is 19.1 Å². The minimum atomic E-state index is -0.521. The monoisotopic (exact) mass is 314 g/mol. The normalized spacial score (nSPS) is 12.6. The van der Waals surface area contributed by atoms with E-state index in [0.717, 1.165) is 0 Å². The lowest BCUT2D eigenvalue weighted by Gasteiger charge is -2.19. The molecule has 0 spiro atoms. The molecule has 0 aliphatic carbocycles. The van der Waals surface area contributed by atoms with Gasteiger partial charge in [-0.2, -0.15) is 0 Å².